The minimum absolute atomic E-state index is 0.0695. The van der Waals surface area contributed by atoms with Crippen molar-refractivity contribution in [2.75, 3.05) is 19.4 Å². The molecule has 1 aromatic carbocycles. The number of likely N-dealkylation sites (N-methyl/N-ethyl adjacent to an activating group) is 1. The maximum absolute atomic E-state index is 9.02. The summed E-state index contributed by atoms with van der Waals surface area (Å²) in [6.45, 7) is 0.115. The second-order valence-electron chi connectivity index (χ2n) is 3.43. The first kappa shape index (κ1) is 11.4. The number of aliphatic hydroxyl groups excluding tert-OH is 1. The van der Waals surface area contributed by atoms with Gasteiger partial charge in [0, 0.05) is 11.8 Å². The SMILES string of the molecule is CNC(CO)CSc1nc2ccccc2o1. The van der Waals surface area contributed by atoms with Gasteiger partial charge in [-0.15, -0.1) is 0 Å². The van der Waals surface area contributed by atoms with Gasteiger partial charge < -0.3 is 14.8 Å². The molecule has 0 spiro atoms. The van der Waals surface area contributed by atoms with Crippen LogP contribution in [0.15, 0.2) is 33.9 Å². The van der Waals surface area contributed by atoms with E-state index >= 15 is 0 Å². The van der Waals surface area contributed by atoms with E-state index in [1.165, 1.54) is 11.8 Å². The molecule has 5 heteroatoms. The van der Waals surface area contributed by atoms with Gasteiger partial charge in [0.05, 0.1) is 6.61 Å². The van der Waals surface area contributed by atoms with Crippen molar-refractivity contribution in [2.45, 2.75) is 11.3 Å². The van der Waals surface area contributed by atoms with Crippen LogP contribution in [-0.4, -0.2) is 35.5 Å². The van der Waals surface area contributed by atoms with E-state index in [4.69, 9.17) is 9.52 Å². The van der Waals surface area contributed by atoms with Crippen LogP contribution in [0.25, 0.3) is 11.1 Å². The molecule has 2 aromatic rings. The van der Waals surface area contributed by atoms with Crippen molar-refractivity contribution in [1.82, 2.24) is 10.3 Å². The molecule has 0 saturated heterocycles. The molecule has 2 rings (SSSR count). The predicted molar refractivity (Wildman–Crippen MR) is 64.7 cm³/mol. The zero-order valence-electron chi connectivity index (χ0n) is 9.01. The molecule has 1 heterocycles. The summed E-state index contributed by atoms with van der Waals surface area (Å²) in [7, 11) is 1.83. The van der Waals surface area contributed by atoms with E-state index in [2.05, 4.69) is 10.3 Å². The second-order valence-corrected chi connectivity index (χ2v) is 4.40. The number of aromatic nitrogens is 1. The van der Waals surface area contributed by atoms with Crippen molar-refractivity contribution in [1.29, 1.82) is 0 Å². The Balaban J connectivity index is 2.04. The zero-order valence-corrected chi connectivity index (χ0v) is 9.83. The number of rotatable bonds is 5. The van der Waals surface area contributed by atoms with E-state index in [9.17, 15) is 0 Å². The normalized spacial score (nSPS) is 13.1. The van der Waals surface area contributed by atoms with Crippen molar-refractivity contribution >= 4 is 22.9 Å². The first-order valence-electron chi connectivity index (χ1n) is 5.10. The molecule has 0 aliphatic rings. The van der Waals surface area contributed by atoms with Gasteiger partial charge >= 0.3 is 0 Å². The zero-order chi connectivity index (χ0) is 11.4. The molecule has 0 radical (unpaired) electrons. The van der Waals surface area contributed by atoms with Gasteiger partial charge in [-0.2, -0.15) is 0 Å². The number of nitrogens with one attached hydrogen (secondary N) is 1. The van der Waals surface area contributed by atoms with Crippen molar-refractivity contribution in [3.8, 4) is 0 Å². The lowest BCUT2D eigenvalue weighted by molar-refractivity contribution is 0.260. The minimum atomic E-state index is 0.0695. The smallest absolute Gasteiger partial charge is 0.256 e. The van der Waals surface area contributed by atoms with Crippen molar-refractivity contribution in [3.05, 3.63) is 24.3 Å². The van der Waals surface area contributed by atoms with Gasteiger partial charge in [-0.05, 0) is 19.2 Å². The van der Waals surface area contributed by atoms with E-state index in [0.29, 0.717) is 5.22 Å². The van der Waals surface area contributed by atoms with Gasteiger partial charge in [-0.25, -0.2) is 4.98 Å². The van der Waals surface area contributed by atoms with Crippen LogP contribution < -0.4 is 5.32 Å². The van der Waals surface area contributed by atoms with Crippen LogP contribution >= 0.6 is 11.8 Å². The summed E-state index contributed by atoms with van der Waals surface area (Å²) in [4.78, 5) is 4.34. The Labute approximate surface area is 98.1 Å². The fourth-order valence-electron chi connectivity index (χ4n) is 1.31. The Morgan fingerprint density at radius 2 is 2.31 bits per heavy atom. The quantitative estimate of drug-likeness (QED) is 0.773. The molecule has 0 aliphatic carbocycles. The number of nitrogens with zero attached hydrogens (tertiary/aromatic N) is 1. The molecule has 1 atom stereocenters. The molecule has 4 nitrogen and oxygen atoms in total. The van der Waals surface area contributed by atoms with Crippen LogP contribution in [0.3, 0.4) is 0 Å². The highest BCUT2D eigenvalue weighted by Gasteiger charge is 2.09. The number of hydrogen-bond acceptors (Lipinski definition) is 5. The summed E-state index contributed by atoms with van der Waals surface area (Å²) in [5.41, 5.74) is 1.67. The third kappa shape index (κ3) is 2.55. The van der Waals surface area contributed by atoms with Crippen LogP contribution in [-0.2, 0) is 0 Å². The van der Waals surface area contributed by atoms with Crippen LogP contribution in [0.2, 0.25) is 0 Å². The number of aliphatic hydroxyl groups is 1. The fraction of sp³-hybridized carbons (Fsp3) is 0.364. The number of hydrogen-bond donors (Lipinski definition) is 2. The molecule has 0 aliphatic heterocycles. The van der Waals surface area contributed by atoms with Gasteiger partial charge in [0.2, 0.25) is 0 Å². The maximum atomic E-state index is 9.02. The highest BCUT2D eigenvalue weighted by atomic mass is 32.2. The molecule has 1 unspecified atom stereocenters. The van der Waals surface area contributed by atoms with E-state index in [1.54, 1.807) is 0 Å². The molecule has 2 N–H and O–H groups in total. The summed E-state index contributed by atoms with van der Waals surface area (Å²) in [5.74, 6) is 0.736. The van der Waals surface area contributed by atoms with Gasteiger partial charge in [0.25, 0.3) is 5.22 Å². The average molecular weight is 238 g/mol. The monoisotopic (exact) mass is 238 g/mol. The molecule has 1 aromatic heterocycles. The summed E-state index contributed by atoms with van der Waals surface area (Å²) in [6, 6.07) is 7.74. The van der Waals surface area contributed by atoms with Crippen LogP contribution in [0.1, 0.15) is 0 Å². The number of thioether (sulfide) groups is 1. The number of para-hydroxylation sites is 2. The molecule has 0 bridgehead atoms. The van der Waals surface area contributed by atoms with E-state index in [1.807, 2.05) is 31.3 Å². The van der Waals surface area contributed by atoms with Crippen molar-refractivity contribution < 1.29 is 9.52 Å². The van der Waals surface area contributed by atoms with Gasteiger partial charge in [0.1, 0.15) is 5.52 Å². The first-order chi connectivity index (χ1) is 7.83. The predicted octanol–water partition coefficient (Wildman–Crippen LogP) is 1.50. The van der Waals surface area contributed by atoms with Crippen molar-refractivity contribution in [2.24, 2.45) is 0 Å². The molecular formula is C11H14N2O2S. The molecule has 16 heavy (non-hydrogen) atoms. The van der Waals surface area contributed by atoms with Crippen LogP contribution in [0, 0.1) is 0 Å². The summed E-state index contributed by atoms with van der Waals surface area (Å²) in [6.07, 6.45) is 0. The Hall–Kier alpha value is -1.04. The van der Waals surface area contributed by atoms with Crippen LogP contribution in [0.5, 0.6) is 0 Å². The summed E-state index contributed by atoms with van der Waals surface area (Å²) >= 11 is 1.50. The Morgan fingerprint density at radius 3 is 3.00 bits per heavy atom. The molecular weight excluding hydrogens is 224 g/mol. The Morgan fingerprint density at radius 1 is 1.50 bits per heavy atom. The van der Waals surface area contributed by atoms with E-state index in [-0.39, 0.29) is 12.6 Å². The highest BCUT2D eigenvalue weighted by molar-refractivity contribution is 7.99. The molecule has 0 saturated carbocycles. The summed E-state index contributed by atoms with van der Waals surface area (Å²) < 4.78 is 5.55. The van der Waals surface area contributed by atoms with Gasteiger partial charge in [0.15, 0.2) is 5.58 Å². The third-order valence-corrected chi connectivity index (χ3v) is 3.30. The number of oxazole rings is 1. The largest absolute Gasteiger partial charge is 0.431 e. The number of fused-ring (bicyclic) bond motifs is 1. The van der Waals surface area contributed by atoms with E-state index < -0.39 is 0 Å². The first-order valence-corrected chi connectivity index (χ1v) is 6.08. The second kappa shape index (κ2) is 5.34. The minimum Gasteiger partial charge on any atom is -0.431 e. The average Bonchev–Trinajstić information content (AvgIpc) is 2.73. The molecule has 0 amide bonds. The third-order valence-electron chi connectivity index (χ3n) is 2.31. The van der Waals surface area contributed by atoms with Gasteiger partial charge in [-0.1, -0.05) is 23.9 Å². The lowest BCUT2D eigenvalue weighted by Gasteiger charge is -2.09. The lowest BCUT2D eigenvalue weighted by atomic mass is 10.3. The van der Waals surface area contributed by atoms with Crippen LogP contribution in [0.4, 0.5) is 0 Å². The Bertz CT molecular complexity index is 421. The Kier molecular flexibility index (Phi) is 3.82. The summed E-state index contributed by atoms with van der Waals surface area (Å²) in [5, 5.41) is 12.7. The maximum Gasteiger partial charge on any atom is 0.256 e. The van der Waals surface area contributed by atoms with Crippen molar-refractivity contribution in [3.63, 3.8) is 0 Å². The molecule has 86 valence electrons. The topological polar surface area (TPSA) is 58.3 Å². The number of benzene rings is 1. The van der Waals surface area contributed by atoms with Gasteiger partial charge in [-0.3, -0.25) is 0 Å². The highest BCUT2D eigenvalue weighted by Crippen LogP contribution is 2.23. The fourth-order valence-corrected chi connectivity index (χ4v) is 2.24. The molecule has 0 fully saturated rings. The standard InChI is InChI=1S/C11H14N2O2S/c1-12-8(6-14)7-16-11-13-9-4-2-3-5-10(9)15-11/h2-5,8,12,14H,6-7H2,1H3. The lowest BCUT2D eigenvalue weighted by Crippen LogP contribution is -2.31. The van der Waals surface area contributed by atoms with E-state index in [0.717, 1.165) is 16.9 Å².